The van der Waals surface area contributed by atoms with E-state index < -0.39 is 17.6 Å². The second-order valence-corrected chi connectivity index (χ2v) is 6.32. The Morgan fingerprint density at radius 2 is 1.92 bits per heavy atom. The van der Waals surface area contributed by atoms with Crippen molar-refractivity contribution < 1.29 is 18.4 Å². The van der Waals surface area contributed by atoms with E-state index in [4.69, 9.17) is 16.0 Å². The van der Waals surface area contributed by atoms with Gasteiger partial charge >= 0.3 is 0 Å². The maximum Gasteiger partial charge on any atom is 0.287 e. The zero-order valence-electron chi connectivity index (χ0n) is 14.2. The number of hydrogen-bond acceptors (Lipinski definition) is 3. The Morgan fingerprint density at radius 1 is 1.15 bits per heavy atom. The SMILES string of the molecule is Cc1ccc(NC(=O)CNC(=O)c2oc3ccc(F)cc3c2C)c(Cl)c1. The van der Waals surface area contributed by atoms with Crippen molar-refractivity contribution in [3.05, 3.63) is 64.1 Å². The molecule has 3 rings (SSSR count). The van der Waals surface area contributed by atoms with Crippen LogP contribution in [0.15, 0.2) is 40.8 Å². The summed E-state index contributed by atoms with van der Waals surface area (Å²) < 4.78 is 18.8. The molecule has 0 aliphatic rings. The second-order valence-electron chi connectivity index (χ2n) is 5.91. The minimum Gasteiger partial charge on any atom is -0.451 e. The van der Waals surface area contributed by atoms with Crippen LogP contribution in [-0.4, -0.2) is 18.4 Å². The highest BCUT2D eigenvalue weighted by Gasteiger charge is 2.18. The molecule has 0 aliphatic heterocycles. The van der Waals surface area contributed by atoms with Crippen LogP contribution >= 0.6 is 11.6 Å². The van der Waals surface area contributed by atoms with Crippen molar-refractivity contribution in [3.63, 3.8) is 0 Å². The monoisotopic (exact) mass is 374 g/mol. The fourth-order valence-electron chi connectivity index (χ4n) is 2.57. The molecular formula is C19H16ClFN2O3. The standard InChI is InChI=1S/C19H16ClFN2O3/c1-10-3-5-15(14(20)7-10)23-17(24)9-22-19(25)18-11(2)13-8-12(21)4-6-16(13)26-18/h3-8H,9H2,1-2H3,(H,22,25)(H,23,24). The van der Waals surface area contributed by atoms with Crippen LogP contribution in [0.2, 0.25) is 5.02 Å². The number of carbonyl (C=O) groups excluding carboxylic acids is 2. The van der Waals surface area contributed by atoms with E-state index in [0.29, 0.717) is 27.2 Å². The molecule has 0 unspecified atom stereocenters. The molecule has 1 heterocycles. The van der Waals surface area contributed by atoms with Crippen LogP contribution in [-0.2, 0) is 4.79 Å². The number of amides is 2. The Kier molecular flexibility index (Phi) is 4.95. The van der Waals surface area contributed by atoms with Gasteiger partial charge in [0.25, 0.3) is 5.91 Å². The number of rotatable bonds is 4. The van der Waals surface area contributed by atoms with Crippen molar-refractivity contribution >= 4 is 40.1 Å². The van der Waals surface area contributed by atoms with E-state index in [9.17, 15) is 14.0 Å². The number of carbonyl (C=O) groups is 2. The number of anilines is 1. The molecule has 0 aliphatic carbocycles. The summed E-state index contributed by atoms with van der Waals surface area (Å²) >= 11 is 6.06. The molecule has 26 heavy (non-hydrogen) atoms. The molecule has 2 aromatic carbocycles. The minimum atomic E-state index is -0.552. The first kappa shape index (κ1) is 17.9. The van der Waals surface area contributed by atoms with Crippen molar-refractivity contribution in [1.82, 2.24) is 5.32 Å². The molecular weight excluding hydrogens is 359 g/mol. The fraction of sp³-hybridized carbons (Fsp3) is 0.158. The number of aryl methyl sites for hydroxylation is 2. The Balaban J connectivity index is 1.67. The van der Waals surface area contributed by atoms with Gasteiger partial charge in [-0.05, 0) is 49.7 Å². The molecule has 5 nitrogen and oxygen atoms in total. The first-order valence-corrected chi connectivity index (χ1v) is 8.26. The Hall–Kier alpha value is -2.86. The zero-order valence-corrected chi connectivity index (χ0v) is 14.9. The number of furan rings is 1. The molecule has 0 atom stereocenters. The maximum absolute atomic E-state index is 13.3. The summed E-state index contributed by atoms with van der Waals surface area (Å²) in [4.78, 5) is 24.3. The molecule has 7 heteroatoms. The molecule has 2 N–H and O–H groups in total. The predicted molar refractivity (Wildman–Crippen MR) is 98.1 cm³/mol. The molecule has 3 aromatic rings. The third kappa shape index (κ3) is 3.70. The van der Waals surface area contributed by atoms with E-state index >= 15 is 0 Å². The molecule has 0 radical (unpaired) electrons. The van der Waals surface area contributed by atoms with Crippen LogP contribution < -0.4 is 10.6 Å². The van der Waals surface area contributed by atoms with Gasteiger partial charge in [-0.15, -0.1) is 0 Å². The lowest BCUT2D eigenvalue weighted by Crippen LogP contribution is -2.33. The van der Waals surface area contributed by atoms with Crippen LogP contribution in [0.3, 0.4) is 0 Å². The minimum absolute atomic E-state index is 0.0479. The average Bonchev–Trinajstić information content (AvgIpc) is 2.92. The zero-order chi connectivity index (χ0) is 18.8. The fourth-order valence-corrected chi connectivity index (χ4v) is 2.85. The van der Waals surface area contributed by atoms with Crippen LogP contribution in [0.4, 0.5) is 10.1 Å². The summed E-state index contributed by atoms with van der Waals surface area (Å²) in [7, 11) is 0. The highest BCUT2D eigenvalue weighted by atomic mass is 35.5. The molecule has 0 saturated heterocycles. The quantitative estimate of drug-likeness (QED) is 0.718. The first-order chi connectivity index (χ1) is 12.3. The van der Waals surface area contributed by atoms with Gasteiger partial charge in [0, 0.05) is 10.9 Å². The number of benzene rings is 2. The average molecular weight is 375 g/mol. The summed E-state index contributed by atoms with van der Waals surface area (Å²) in [5.74, 6) is -1.34. The normalized spacial score (nSPS) is 10.8. The van der Waals surface area contributed by atoms with Crippen LogP contribution in [0, 0.1) is 19.7 Å². The van der Waals surface area contributed by atoms with Gasteiger partial charge in [-0.3, -0.25) is 9.59 Å². The topological polar surface area (TPSA) is 71.3 Å². The number of hydrogen-bond donors (Lipinski definition) is 2. The molecule has 2 amide bonds. The summed E-state index contributed by atoms with van der Waals surface area (Å²) in [5.41, 5.74) is 2.36. The summed E-state index contributed by atoms with van der Waals surface area (Å²) in [6.07, 6.45) is 0. The van der Waals surface area contributed by atoms with Gasteiger partial charge in [0.15, 0.2) is 5.76 Å². The van der Waals surface area contributed by atoms with Crippen LogP contribution in [0.5, 0.6) is 0 Å². The van der Waals surface area contributed by atoms with E-state index in [1.807, 2.05) is 13.0 Å². The molecule has 0 fully saturated rings. The number of halogens is 2. The lowest BCUT2D eigenvalue weighted by atomic mass is 10.1. The van der Waals surface area contributed by atoms with Gasteiger partial charge in [-0.1, -0.05) is 17.7 Å². The highest BCUT2D eigenvalue weighted by Crippen LogP contribution is 2.26. The van der Waals surface area contributed by atoms with Gasteiger partial charge < -0.3 is 15.1 Å². The lowest BCUT2D eigenvalue weighted by Gasteiger charge is -2.08. The van der Waals surface area contributed by atoms with E-state index in [2.05, 4.69) is 10.6 Å². The molecule has 0 spiro atoms. The molecule has 0 saturated carbocycles. The van der Waals surface area contributed by atoms with Gasteiger partial charge in [-0.2, -0.15) is 0 Å². The van der Waals surface area contributed by atoms with E-state index in [-0.39, 0.29) is 12.3 Å². The summed E-state index contributed by atoms with van der Waals surface area (Å²) in [6.45, 7) is 3.29. The van der Waals surface area contributed by atoms with Gasteiger partial charge in [0.1, 0.15) is 11.4 Å². The van der Waals surface area contributed by atoms with Crippen molar-refractivity contribution in [2.75, 3.05) is 11.9 Å². The Morgan fingerprint density at radius 3 is 2.65 bits per heavy atom. The summed E-state index contributed by atoms with van der Waals surface area (Å²) in [5, 5.41) is 6.05. The molecule has 134 valence electrons. The second kappa shape index (κ2) is 7.17. The predicted octanol–water partition coefficient (Wildman–Crippen LogP) is 4.21. The van der Waals surface area contributed by atoms with Gasteiger partial charge in [0.2, 0.25) is 5.91 Å². The Labute approximate surface area is 154 Å². The lowest BCUT2D eigenvalue weighted by molar-refractivity contribution is -0.115. The van der Waals surface area contributed by atoms with E-state index in [1.54, 1.807) is 19.1 Å². The van der Waals surface area contributed by atoms with E-state index in [1.165, 1.54) is 18.2 Å². The smallest absolute Gasteiger partial charge is 0.287 e. The summed E-state index contributed by atoms with van der Waals surface area (Å²) in [6, 6.07) is 9.25. The Bertz CT molecular complexity index is 1010. The third-order valence-electron chi connectivity index (χ3n) is 3.91. The number of fused-ring (bicyclic) bond motifs is 1. The van der Waals surface area contributed by atoms with Crippen molar-refractivity contribution in [2.45, 2.75) is 13.8 Å². The van der Waals surface area contributed by atoms with E-state index in [0.717, 1.165) is 5.56 Å². The first-order valence-electron chi connectivity index (χ1n) is 7.88. The van der Waals surface area contributed by atoms with Crippen LogP contribution in [0.1, 0.15) is 21.7 Å². The molecule has 0 bridgehead atoms. The largest absolute Gasteiger partial charge is 0.451 e. The van der Waals surface area contributed by atoms with Gasteiger partial charge in [0.05, 0.1) is 17.3 Å². The third-order valence-corrected chi connectivity index (χ3v) is 4.23. The van der Waals surface area contributed by atoms with Crippen molar-refractivity contribution in [2.24, 2.45) is 0 Å². The molecule has 1 aromatic heterocycles. The van der Waals surface area contributed by atoms with Crippen molar-refractivity contribution in [3.8, 4) is 0 Å². The van der Waals surface area contributed by atoms with Gasteiger partial charge in [-0.25, -0.2) is 4.39 Å². The van der Waals surface area contributed by atoms with Crippen molar-refractivity contribution in [1.29, 1.82) is 0 Å². The van der Waals surface area contributed by atoms with Crippen LogP contribution in [0.25, 0.3) is 11.0 Å². The highest BCUT2D eigenvalue weighted by molar-refractivity contribution is 6.33. The maximum atomic E-state index is 13.3. The number of nitrogens with one attached hydrogen (secondary N) is 2.